The van der Waals surface area contributed by atoms with Crippen LogP contribution in [0.1, 0.15) is 48.0 Å². The van der Waals surface area contributed by atoms with E-state index in [4.69, 9.17) is 16.3 Å². The van der Waals surface area contributed by atoms with Crippen LogP contribution in [0.5, 0.6) is 6.01 Å². The van der Waals surface area contributed by atoms with E-state index in [1.54, 1.807) is 12.1 Å². The number of nitrogens with one attached hydrogen (secondary N) is 5. The lowest BCUT2D eigenvalue weighted by atomic mass is 10.1. The summed E-state index contributed by atoms with van der Waals surface area (Å²) >= 11 is 6.00. The highest BCUT2D eigenvalue weighted by atomic mass is 35.5. The van der Waals surface area contributed by atoms with Gasteiger partial charge in [-0.2, -0.15) is 28.1 Å². The first-order chi connectivity index (χ1) is 24.6. The maximum Gasteiger partial charge on any atom is 0.422 e. The second kappa shape index (κ2) is 15.3. The first-order valence-electron chi connectivity index (χ1n) is 15.8. The van der Waals surface area contributed by atoms with Gasteiger partial charge in [-0.05, 0) is 74.1 Å². The quantitative estimate of drug-likeness (QED) is 0.105. The van der Waals surface area contributed by atoms with Gasteiger partial charge in [-0.25, -0.2) is 4.79 Å². The molecule has 16 nitrogen and oxygen atoms in total. The maximum absolute atomic E-state index is 12.9. The molecule has 20 heteroatoms. The van der Waals surface area contributed by atoms with Crippen molar-refractivity contribution in [2.75, 3.05) is 30.3 Å². The van der Waals surface area contributed by atoms with Gasteiger partial charge < -0.3 is 41.5 Å². The van der Waals surface area contributed by atoms with Crippen molar-refractivity contribution in [3.05, 3.63) is 64.7 Å². The summed E-state index contributed by atoms with van der Waals surface area (Å²) in [4.78, 5) is 72.1. The number of carbonyl (C=O) groups excluding carboxylic acids is 3. The van der Waals surface area contributed by atoms with Crippen molar-refractivity contribution in [3.63, 3.8) is 0 Å². The number of amides is 3. The van der Waals surface area contributed by atoms with Crippen LogP contribution in [-0.4, -0.2) is 86.7 Å². The lowest BCUT2D eigenvalue weighted by Gasteiger charge is -2.19. The van der Waals surface area contributed by atoms with E-state index in [0.717, 1.165) is 5.56 Å². The molecule has 3 amide bonds. The first kappa shape index (κ1) is 37.5. The fourth-order valence-electron chi connectivity index (χ4n) is 4.96. The highest BCUT2D eigenvalue weighted by Crippen LogP contribution is 2.48. The largest absolute Gasteiger partial charge is 0.481 e. The van der Waals surface area contributed by atoms with Crippen LogP contribution >= 0.6 is 11.6 Å². The van der Waals surface area contributed by atoms with Crippen molar-refractivity contribution < 1.29 is 52.1 Å². The van der Waals surface area contributed by atoms with Crippen LogP contribution in [0, 0.1) is 5.41 Å². The SMILES string of the molecule is O=C(NCC[C@H](NC(=O)c1ccc(Nc2nc(NC3(c4ccc(Cl)cc4)CC3)nc(OCC(F)(F)F)n2)cc1)C(=O)O)C(=O)NCC1(C(=O)O)CC1. The van der Waals surface area contributed by atoms with E-state index in [-0.39, 0.29) is 37.0 Å². The number of alkyl halides is 3. The third kappa shape index (κ3) is 9.95. The molecule has 1 atom stereocenters. The minimum atomic E-state index is -4.65. The van der Waals surface area contributed by atoms with Gasteiger partial charge in [-0.3, -0.25) is 19.2 Å². The molecule has 5 rings (SSSR count). The van der Waals surface area contributed by atoms with Crippen LogP contribution in [0.25, 0.3) is 0 Å². The molecular formula is C32H32ClF3N8O8. The summed E-state index contributed by atoms with van der Waals surface area (Å²) < 4.78 is 43.5. The fourth-order valence-corrected chi connectivity index (χ4v) is 5.09. The zero-order valence-electron chi connectivity index (χ0n) is 27.1. The molecule has 2 aliphatic carbocycles. The van der Waals surface area contributed by atoms with Gasteiger partial charge in [0.15, 0.2) is 6.61 Å². The molecule has 3 aromatic rings. The summed E-state index contributed by atoms with van der Waals surface area (Å²) in [5, 5.41) is 32.1. The Hall–Kier alpha value is -5.72. The summed E-state index contributed by atoms with van der Waals surface area (Å²) in [6.07, 6.45) is -2.81. The van der Waals surface area contributed by atoms with Gasteiger partial charge in [0.05, 0.1) is 11.0 Å². The van der Waals surface area contributed by atoms with Crippen LogP contribution in [-0.2, 0) is 24.7 Å². The Kier molecular flexibility index (Phi) is 11.0. The molecule has 1 heterocycles. The number of aromatic nitrogens is 3. The Morgan fingerprint density at radius 3 is 2.08 bits per heavy atom. The first-order valence-corrected chi connectivity index (χ1v) is 16.1. The molecule has 52 heavy (non-hydrogen) atoms. The number of ether oxygens (including phenoxy) is 1. The normalized spacial score (nSPS) is 15.7. The molecule has 2 fully saturated rings. The predicted octanol–water partition coefficient (Wildman–Crippen LogP) is 2.98. The molecule has 0 bridgehead atoms. The summed E-state index contributed by atoms with van der Waals surface area (Å²) in [6, 6.07) is 10.5. The second-order valence-corrected chi connectivity index (χ2v) is 12.7. The monoisotopic (exact) mass is 748 g/mol. The van der Waals surface area contributed by atoms with E-state index in [2.05, 4.69) is 41.5 Å². The molecule has 0 spiro atoms. The number of benzene rings is 2. The van der Waals surface area contributed by atoms with Gasteiger partial charge in [0.2, 0.25) is 11.9 Å². The van der Waals surface area contributed by atoms with E-state index in [9.17, 15) is 47.4 Å². The smallest absolute Gasteiger partial charge is 0.422 e. The maximum atomic E-state index is 12.9. The molecule has 0 unspecified atom stereocenters. The van der Waals surface area contributed by atoms with Crippen molar-refractivity contribution in [2.24, 2.45) is 5.41 Å². The molecule has 2 saturated carbocycles. The van der Waals surface area contributed by atoms with E-state index in [1.807, 2.05) is 12.1 Å². The Labute approximate surface area is 297 Å². The number of aliphatic carboxylic acids is 2. The second-order valence-electron chi connectivity index (χ2n) is 12.3. The molecule has 1 aromatic heterocycles. The lowest BCUT2D eigenvalue weighted by Crippen LogP contribution is -2.46. The summed E-state index contributed by atoms with van der Waals surface area (Å²) in [7, 11) is 0. The van der Waals surface area contributed by atoms with Gasteiger partial charge >= 0.3 is 35.9 Å². The molecule has 0 aliphatic heterocycles. The van der Waals surface area contributed by atoms with Crippen LogP contribution in [0.3, 0.4) is 0 Å². The third-order valence-corrected chi connectivity index (χ3v) is 8.56. The molecule has 276 valence electrons. The molecule has 0 radical (unpaired) electrons. The number of hydrogen-bond donors (Lipinski definition) is 7. The average molecular weight is 749 g/mol. The third-order valence-electron chi connectivity index (χ3n) is 8.30. The zero-order valence-corrected chi connectivity index (χ0v) is 27.8. The number of hydrogen-bond acceptors (Lipinski definition) is 11. The van der Waals surface area contributed by atoms with E-state index >= 15 is 0 Å². The minimum Gasteiger partial charge on any atom is -0.481 e. The minimum absolute atomic E-state index is 0.0403. The Morgan fingerprint density at radius 1 is 0.865 bits per heavy atom. The molecule has 7 N–H and O–H groups in total. The highest BCUT2D eigenvalue weighted by Gasteiger charge is 2.50. The van der Waals surface area contributed by atoms with Crippen molar-refractivity contribution in [2.45, 2.75) is 49.9 Å². The lowest BCUT2D eigenvalue weighted by molar-refractivity contribution is -0.154. The topological polar surface area (TPSA) is 234 Å². The standard InChI is InChI=1S/C32H32ClF3N8O8/c33-19-5-3-18(4-6-19)31(12-13-31)44-28-41-27(42-29(43-28)52-16-32(34,35)36)39-20-7-1-17(2-8-20)22(45)40-21(25(48)49)9-14-37-23(46)24(47)38-15-30(10-11-30)26(50)51/h1-8,21H,9-16H2,(H,37,46)(H,38,47)(H,40,45)(H,48,49)(H,50,51)(H2,39,41,42,43,44)/t21-/m0/s1. The Bertz CT molecular complexity index is 1840. The van der Waals surface area contributed by atoms with E-state index < -0.39 is 65.4 Å². The summed E-state index contributed by atoms with van der Waals surface area (Å²) in [6.45, 7) is -2.15. The van der Waals surface area contributed by atoms with Crippen molar-refractivity contribution >= 4 is 58.8 Å². The zero-order chi connectivity index (χ0) is 37.7. The average Bonchev–Trinajstić information content (AvgIpc) is 4.03. The summed E-state index contributed by atoms with van der Waals surface area (Å²) in [5.74, 6) is -5.65. The molecular weight excluding hydrogens is 717 g/mol. The van der Waals surface area contributed by atoms with Gasteiger partial charge in [0, 0.05) is 29.4 Å². The number of halogens is 4. The summed E-state index contributed by atoms with van der Waals surface area (Å²) in [5.41, 5.74) is -0.430. The van der Waals surface area contributed by atoms with Gasteiger partial charge in [-0.1, -0.05) is 23.7 Å². The van der Waals surface area contributed by atoms with Crippen LogP contribution < -0.4 is 31.3 Å². The van der Waals surface area contributed by atoms with Crippen LogP contribution in [0.15, 0.2) is 48.5 Å². The van der Waals surface area contributed by atoms with Crippen LogP contribution in [0.4, 0.5) is 30.8 Å². The molecule has 2 aliphatic rings. The number of carbonyl (C=O) groups is 5. The fraction of sp³-hybridized carbons (Fsp3) is 0.375. The van der Waals surface area contributed by atoms with E-state index in [0.29, 0.717) is 36.4 Å². The number of carboxylic acids is 2. The number of anilines is 3. The van der Waals surface area contributed by atoms with Gasteiger partial charge in [0.1, 0.15) is 6.04 Å². The number of rotatable bonds is 16. The van der Waals surface area contributed by atoms with Crippen molar-refractivity contribution in [1.29, 1.82) is 0 Å². The van der Waals surface area contributed by atoms with Crippen molar-refractivity contribution in [3.8, 4) is 6.01 Å². The molecule has 2 aromatic carbocycles. The predicted molar refractivity (Wildman–Crippen MR) is 176 cm³/mol. The van der Waals surface area contributed by atoms with Crippen LogP contribution in [0.2, 0.25) is 5.02 Å². The Morgan fingerprint density at radius 2 is 1.50 bits per heavy atom. The van der Waals surface area contributed by atoms with Gasteiger partial charge in [-0.15, -0.1) is 0 Å². The highest BCUT2D eigenvalue weighted by molar-refractivity contribution is 6.35. The number of nitrogens with zero attached hydrogens (tertiary/aromatic N) is 3. The Balaban J connectivity index is 1.18. The molecule has 0 saturated heterocycles. The van der Waals surface area contributed by atoms with Gasteiger partial charge in [0.25, 0.3) is 5.91 Å². The van der Waals surface area contributed by atoms with Crippen molar-refractivity contribution in [1.82, 2.24) is 30.9 Å². The number of carboxylic acid groups (broad SMARTS) is 2. The van der Waals surface area contributed by atoms with E-state index in [1.165, 1.54) is 24.3 Å².